The van der Waals surface area contributed by atoms with Gasteiger partial charge >= 0.3 is 5.97 Å². The van der Waals surface area contributed by atoms with Crippen molar-refractivity contribution in [3.63, 3.8) is 0 Å². The topological polar surface area (TPSA) is 50.4 Å². The van der Waals surface area contributed by atoms with Gasteiger partial charge in [-0.15, -0.1) is 0 Å². The molecule has 0 saturated carbocycles. The van der Waals surface area contributed by atoms with E-state index in [1.165, 1.54) is 0 Å². The number of rotatable bonds is 4. The summed E-state index contributed by atoms with van der Waals surface area (Å²) in [5.41, 5.74) is 11.0. The molecule has 1 heterocycles. The van der Waals surface area contributed by atoms with Crippen LogP contribution in [0, 0.1) is 11.7 Å². The zero-order valence-corrected chi connectivity index (χ0v) is 15.2. The second-order valence-electron chi connectivity index (χ2n) is 6.81. The fourth-order valence-corrected chi connectivity index (χ4v) is 8.60. The lowest BCUT2D eigenvalue weighted by Crippen LogP contribution is -2.50. The van der Waals surface area contributed by atoms with Crippen molar-refractivity contribution in [2.45, 2.75) is 77.0 Å². The molecule has 21 heavy (non-hydrogen) atoms. The Morgan fingerprint density at radius 2 is 1.71 bits per heavy atom. The van der Waals surface area contributed by atoms with Gasteiger partial charge in [-0.05, 0) is 29.5 Å². The number of ether oxygens (including phenoxy) is 1. The maximum atomic E-state index is 12.0. The van der Waals surface area contributed by atoms with E-state index in [0.29, 0.717) is 16.6 Å². The molecule has 0 amide bonds. The van der Waals surface area contributed by atoms with Gasteiger partial charge in [-0.3, -0.25) is 5.43 Å². The van der Waals surface area contributed by atoms with E-state index in [1.807, 2.05) is 0 Å². The van der Waals surface area contributed by atoms with Crippen molar-refractivity contribution in [2.75, 3.05) is 6.54 Å². The van der Waals surface area contributed by atoms with E-state index in [2.05, 4.69) is 64.0 Å². The molecular formula is C16H30N2O2Si. The lowest BCUT2D eigenvalue weighted by atomic mass is 10.1. The highest BCUT2D eigenvalue weighted by Crippen LogP contribution is 2.40. The molecule has 1 fully saturated rings. The number of hydrazine groups is 1. The fraction of sp³-hybridized carbons (Fsp3) is 0.812. The van der Waals surface area contributed by atoms with Crippen molar-refractivity contribution < 1.29 is 9.53 Å². The average Bonchev–Trinajstić information content (AvgIpc) is 2.43. The molecule has 4 nitrogen and oxygen atoms in total. The van der Waals surface area contributed by atoms with Crippen molar-refractivity contribution in [1.82, 2.24) is 10.9 Å². The molecule has 0 aromatic heterocycles. The van der Waals surface area contributed by atoms with Gasteiger partial charge in [0.05, 0.1) is 0 Å². The Morgan fingerprint density at radius 3 is 2.14 bits per heavy atom. The molecule has 120 valence electrons. The fourth-order valence-electron chi connectivity index (χ4n) is 3.51. The highest BCUT2D eigenvalue weighted by molar-refractivity contribution is 6.90. The largest absolute Gasteiger partial charge is 0.372 e. The van der Waals surface area contributed by atoms with Crippen LogP contribution in [0.5, 0.6) is 0 Å². The molecule has 1 aliphatic heterocycles. The summed E-state index contributed by atoms with van der Waals surface area (Å²) in [7, 11) is -1.82. The van der Waals surface area contributed by atoms with E-state index in [0.717, 1.165) is 19.4 Å². The average molecular weight is 311 g/mol. The van der Waals surface area contributed by atoms with Gasteiger partial charge in [0.25, 0.3) is 0 Å². The molecule has 2 N–H and O–H groups in total. The summed E-state index contributed by atoms with van der Waals surface area (Å²) >= 11 is 0. The monoisotopic (exact) mass is 310 g/mol. The number of hydrogen-bond donors (Lipinski definition) is 2. The first-order valence-corrected chi connectivity index (χ1v) is 10.3. The summed E-state index contributed by atoms with van der Waals surface area (Å²) in [6.07, 6.45) is 4.54. The van der Waals surface area contributed by atoms with Crippen molar-refractivity contribution >= 4 is 14.0 Å². The molecule has 0 radical (unpaired) electrons. The van der Waals surface area contributed by atoms with Gasteiger partial charge in [-0.25, -0.2) is 10.2 Å². The van der Waals surface area contributed by atoms with Crippen LogP contribution in [0.1, 0.15) is 54.4 Å². The first kappa shape index (κ1) is 18.2. The van der Waals surface area contributed by atoms with Crippen LogP contribution in [-0.2, 0) is 9.53 Å². The quantitative estimate of drug-likeness (QED) is 0.476. The van der Waals surface area contributed by atoms with Crippen LogP contribution in [0.2, 0.25) is 16.6 Å². The van der Waals surface area contributed by atoms with Gasteiger partial charge in [-0.2, -0.15) is 0 Å². The van der Waals surface area contributed by atoms with Gasteiger partial charge in [0.2, 0.25) is 0 Å². The number of nitrogens with one attached hydrogen (secondary N) is 2. The zero-order chi connectivity index (χ0) is 16.0. The Morgan fingerprint density at radius 1 is 1.14 bits per heavy atom. The molecule has 0 aliphatic carbocycles. The predicted molar refractivity (Wildman–Crippen MR) is 89.1 cm³/mol. The van der Waals surface area contributed by atoms with Crippen molar-refractivity contribution in [3.05, 3.63) is 0 Å². The Labute approximate surface area is 130 Å². The second kappa shape index (κ2) is 7.97. The molecular weight excluding hydrogens is 280 g/mol. The number of esters is 1. The van der Waals surface area contributed by atoms with E-state index in [4.69, 9.17) is 4.74 Å². The first-order chi connectivity index (χ1) is 9.82. The Balaban J connectivity index is 2.78. The summed E-state index contributed by atoms with van der Waals surface area (Å²) in [5, 5.41) is 0. The number of carbonyl (C=O) groups excluding carboxylic acids is 1. The lowest BCUT2D eigenvalue weighted by molar-refractivity contribution is -0.140. The smallest absolute Gasteiger partial charge is 0.338 e. The van der Waals surface area contributed by atoms with E-state index >= 15 is 0 Å². The van der Waals surface area contributed by atoms with Gasteiger partial charge in [0.1, 0.15) is 12.1 Å². The highest BCUT2D eigenvalue weighted by Gasteiger charge is 2.42. The predicted octanol–water partition coefficient (Wildman–Crippen LogP) is 2.97. The van der Waals surface area contributed by atoms with Gasteiger partial charge < -0.3 is 4.74 Å². The molecule has 0 bridgehead atoms. The van der Waals surface area contributed by atoms with E-state index in [9.17, 15) is 4.79 Å². The zero-order valence-electron chi connectivity index (χ0n) is 14.2. The van der Waals surface area contributed by atoms with E-state index in [-0.39, 0.29) is 12.0 Å². The lowest BCUT2D eigenvalue weighted by Gasteiger charge is -2.37. The van der Waals surface area contributed by atoms with Crippen LogP contribution in [0.25, 0.3) is 0 Å². The minimum absolute atomic E-state index is 0.270. The van der Waals surface area contributed by atoms with Crippen LogP contribution in [0.4, 0.5) is 0 Å². The molecule has 5 heteroatoms. The summed E-state index contributed by atoms with van der Waals surface area (Å²) < 4.78 is 5.22. The SMILES string of the molecule is CC(C)[Si](C#COC(=O)C1CCCNN1)(C(C)C)C(C)C. The Kier molecular flexibility index (Phi) is 6.92. The normalized spacial score (nSPS) is 19.6. The molecule has 1 atom stereocenters. The molecule has 1 unspecified atom stereocenters. The Hall–Kier alpha value is -0.833. The Bertz CT molecular complexity index is 382. The second-order valence-corrected chi connectivity index (χ2v) is 12.4. The highest BCUT2D eigenvalue weighted by atomic mass is 28.3. The third-order valence-corrected chi connectivity index (χ3v) is 10.9. The van der Waals surface area contributed by atoms with Gasteiger partial charge in [0.15, 0.2) is 8.07 Å². The first-order valence-electron chi connectivity index (χ1n) is 8.03. The molecule has 1 saturated heterocycles. The van der Waals surface area contributed by atoms with Crippen molar-refractivity contribution in [3.8, 4) is 11.7 Å². The van der Waals surface area contributed by atoms with Crippen LogP contribution in [-0.4, -0.2) is 26.6 Å². The van der Waals surface area contributed by atoms with Crippen molar-refractivity contribution in [1.29, 1.82) is 0 Å². The van der Waals surface area contributed by atoms with Gasteiger partial charge in [0, 0.05) is 6.54 Å². The molecule has 0 spiro atoms. The third-order valence-electron chi connectivity index (χ3n) is 4.64. The number of carbonyl (C=O) groups is 1. The maximum absolute atomic E-state index is 12.0. The minimum Gasteiger partial charge on any atom is -0.372 e. The number of hydrogen-bond acceptors (Lipinski definition) is 4. The summed E-state index contributed by atoms with van der Waals surface area (Å²) in [6, 6.07) is -0.277. The van der Waals surface area contributed by atoms with Crippen molar-refractivity contribution in [2.24, 2.45) is 0 Å². The molecule has 0 aromatic carbocycles. The minimum atomic E-state index is -1.82. The van der Waals surface area contributed by atoms with Gasteiger partial charge in [-0.1, -0.05) is 47.1 Å². The van der Waals surface area contributed by atoms with Crippen LogP contribution in [0.3, 0.4) is 0 Å². The van der Waals surface area contributed by atoms with Crippen LogP contribution < -0.4 is 10.9 Å². The summed E-state index contributed by atoms with van der Waals surface area (Å²) in [4.78, 5) is 12.0. The summed E-state index contributed by atoms with van der Waals surface area (Å²) in [6.45, 7) is 14.4. The molecule has 1 rings (SSSR count). The third kappa shape index (κ3) is 4.32. The molecule has 1 aliphatic rings. The van der Waals surface area contributed by atoms with Crippen LogP contribution >= 0.6 is 0 Å². The summed E-state index contributed by atoms with van der Waals surface area (Å²) in [5.74, 6) is -0.270. The molecule has 0 aromatic rings. The standard InChI is InChI=1S/C16H30N2O2Si/c1-12(2)21(13(3)4,14(5)6)11-10-20-16(19)15-8-7-9-17-18-15/h12-15,17-18H,7-9H2,1-6H3. The maximum Gasteiger partial charge on any atom is 0.338 e. The van der Waals surface area contributed by atoms with E-state index < -0.39 is 8.07 Å². The van der Waals surface area contributed by atoms with E-state index in [1.54, 1.807) is 0 Å². The van der Waals surface area contributed by atoms with Crippen LogP contribution in [0.15, 0.2) is 0 Å².